The van der Waals surface area contributed by atoms with Gasteiger partial charge in [-0.25, -0.2) is 0 Å². The highest BCUT2D eigenvalue weighted by atomic mass is 15.3. The van der Waals surface area contributed by atoms with E-state index in [1.54, 1.807) is 6.07 Å². The van der Waals surface area contributed by atoms with Gasteiger partial charge in [0, 0.05) is 11.8 Å². The van der Waals surface area contributed by atoms with Crippen LogP contribution in [0.25, 0.3) is 11.1 Å². The van der Waals surface area contributed by atoms with Gasteiger partial charge in [-0.05, 0) is 30.5 Å². The first-order chi connectivity index (χ1) is 9.78. The first kappa shape index (κ1) is 12.7. The fraction of sp³-hybridized carbons (Fsp3) is 0.375. The Balaban J connectivity index is 1.86. The van der Waals surface area contributed by atoms with Crippen molar-refractivity contribution in [2.45, 2.75) is 38.1 Å². The summed E-state index contributed by atoms with van der Waals surface area (Å²) in [7, 11) is 0. The molecule has 0 spiro atoms. The molecule has 0 aliphatic heterocycles. The highest BCUT2D eigenvalue weighted by Gasteiger charge is 2.16. The van der Waals surface area contributed by atoms with Crippen LogP contribution in [-0.2, 0) is 0 Å². The summed E-state index contributed by atoms with van der Waals surface area (Å²) < 4.78 is 2.09. The van der Waals surface area contributed by atoms with E-state index in [0.717, 1.165) is 11.1 Å². The first-order valence-electron chi connectivity index (χ1n) is 7.12. The van der Waals surface area contributed by atoms with Gasteiger partial charge in [0.25, 0.3) is 0 Å². The van der Waals surface area contributed by atoms with E-state index >= 15 is 0 Å². The molecule has 2 N–H and O–H groups in total. The summed E-state index contributed by atoms with van der Waals surface area (Å²) in [6.45, 7) is 0. The molecule has 20 heavy (non-hydrogen) atoms. The van der Waals surface area contributed by atoms with Gasteiger partial charge >= 0.3 is 0 Å². The molecule has 1 saturated carbocycles. The maximum atomic E-state index is 8.91. The number of nitrogen functional groups attached to an aromatic ring is 1. The number of nitriles is 1. The topological polar surface area (TPSA) is 67.6 Å². The molecule has 1 aromatic heterocycles. The fourth-order valence-electron chi connectivity index (χ4n) is 2.88. The molecule has 3 rings (SSSR count). The molecule has 2 aromatic rings. The number of benzene rings is 1. The molecule has 0 unspecified atom stereocenters. The van der Waals surface area contributed by atoms with Gasteiger partial charge in [-0.1, -0.05) is 25.3 Å². The van der Waals surface area contributed by atoms with Crippen LogP contribution in [0.2, 0.25) is 0 Å². The van der Waals surface area contributed by atoms with Gasteiger partial charge in [-0.3, -0.25) is 4.68 Å². The summed E-state index contributed by atoms with van der Waals surface area (Å²) in [4.78, 5) is 0. The summed E-state index contributed by atoms with van der Waals surface area (Å²) in [5.41, 5.74) is 8.99. The summed E-state index contributed by atoms with van der Waals surface area (Å²) in [6.07, 6.45) is 10.4. The molecule has 1 fully saturated rings. The molecule has 102 valence electrons. The third kappa shape index (κ3) is 2.39. The van der Waals surface area contributed by atoms with Gasteiger partial charge in [0.2, 0.25) is 0 Å². The van der Waals surface area contributed by atoms with Crippen LogP contribution in [0.15, 0.2) is 30.6 Å². The van der Waals surface area contributed by atoms with E-state index in [1.165, 1.54) is 32.1 Å². The smallest absolute Gasteiger partial charge is 0.101 e. The van der Waals surface area contributed by atoms with Crippen LogP contribution in [0.4, 0.5) is 5.69 Å². The second-order valence-electron chi connectivity index (χ2n) is 5.41. The zero-order valence-corrected chi connectivity index (χ0v) is 11.4. The Labute approximate surface area is 118 Å². The minimum Gasteiger partial charge on any atom is -0.398 e. The maximum absolute atomic E-state index is 8.91. The minimum atomic E-state index is 0.522. The monoisotopic (exact) mass is 266 g/mol. The normalized spacial score (nSPS) is 15.9. The van der Waals surface area contributed by atoms with Crippen molar-refractivity contribution in [2.75, 3.05) is 5.73 Å². The quantitative estimate of drug-likeness (QED) is 0.846. The molecule has 0 amide bonds. The van der Waals surface area contributed by atoms with Crippen LogP contribution in [0, 0.1) is 11.3 Å². The van der Waals surface area contributed by atoms with E-state index in [-0.39, 0.29) is 0 Å². The molecule has 1 heterocycles. The minimum absolute atomic E-state index is 0.522. The Morgan fingerprint density at radius 3 is 2.70 bits per heavy atom. The van der Waals surface area contributed by atoms with Gasteiger partial charge in [0.15, 0.2) is 0 Å². The van der Waals surface area contributed by atoms with Crippen LogP contribution in [-0.4, -0.2) is 9.78 Å². The zero-order valence-electron chi connectivity index (χ0n) is 11.4. The van der Waals surface area contributed by atoms with Gasteiger partial charge in [0.05, 0.1) is 23.5 Å². The second-order valence-corrected chi connectivity index (χ2v) is 5.41. The summed E-state index contributed by atoms with van der Waals surface area (Å²) in [5.74, 6) is 0. The predicted molar refractivity (Wildman–Crippen MR) is 78.9 cm³/mol. The summed E-state index contributed by atoms with van der Waals surface area (Å²) in [5, 5.41) is 13.4. The largest absolute Gasteiger partial charge is 0.398 e. The third-order valence-corrected chi connectivity index (χ3v) is 4.06. The molecule has 4 heteroatoms. The average Bonchev–Trinajstić information content (AvgIpc) is 2.98. The van der Waals surface area contributed by atoms with Crippen LogP contribution < -0.4 is 5.73 Å². The Morgan fingerprint density at radius 2 is 2.00 bits per heavy atom. The molecule has 4 nitrogen and oxygen atoms in total. The number of hydrogen-bond donors (Lipinski definition) is 1. The molecular formula is C16H18N4. The maximum Gasteiger partial charge on any atom is 0.101 e. The van der Waals surface area contributed by atoms with Gasteiger partial charge in [-0.15, -0.1) is 0 Å². The number of aromatic nitrogens is 2. The van der Waals surface area contributed by atoms with Gasteiger partial charge in [0.1, 0.15) is 6.07 Å². The van der Waals surface area contributed by atoms with E-state index in [9.17, 15) is 0 Å². The highest BCUT2D eigenvalue weighted by Crippen LogP contribution is 2.30. The van der Waals surface area contributed by atoms with E-state index in [1.807, 2.05) is 18.3 Å². The van der Waals surface area contributed by atoms with Crippen molar-refractivity contribution in [2.24, 2.45) is 0 Å². The van der Waals surface area contributed by atoms with Gasteiger partial charge < -0.3 is 5.73 Å². The standard InChI is InChI=1S/C16H18N4/c17-9-13-7-6-12(8-16(13)18)14-10-19-20(11-14)15-4-2-1-3-5-15/h6-8,10-11,15H,1-5,18H2. The lowest BCUT2D eigenvalue weighted by atomic mass is 9.96. The lowest BCUT2D eigenvalue weighted by Gasteiger charge is -2.21. The van der Waals surface area contributed by atoms with Crippen molar-refractivity contribution in [1.82, 2.24) is 9.78 Å². The Hall–Kier alpha value is -2.28. The van der Waals surface area contributed by atoms with Crippen molar-refractivity contribution in [1.29, 1.82) is 5.26 Å². The van der Waals surface area contributed by atoms with Crippen molar-refractivity contribution >= 4 is 5.69 Å². The Kier molecular flexibility index (Phi) is 3.42. The van der Waals surface area contributed by atoms with Crippen molar-refractivity contribution < 1.29 is 0 Å². The van der Waals surface area contributed by atoms with Crippen molar-refractivity contribution in [3.63, 3.8) is 0 Å². The molecule has 1 aliphatic rings. The van der Waals surface area contributed by atoms with Crippen LogP contribution >= 0.6 is 0 Å². The Bertz CT molecular complexity index is 645. The van der Waals surface area contributed by atoms with Crippen molar-refractivity contribution in [3.05, 3.63) is 36.2 Å². The molecular weight excluding hydrogens is 248 g/mol. The number of hydrogen-bond acceptors (Lipinski definition) is 3. The molecule has 1 aliphatic carbocycles. The van der Waals surface area contributed by atoms with Gasteiger partial charge in [-0.2, -0.15) is 10.4 Å². The van der Waals surface area contributed by atoms with Crippen LogP contribution in [0.5, 0.6) is 0 Å². The SMILES string of the molecule is N#Cc1ccc(-c2cnn(C3CCCCC3)c2)cc1N. The summed E-state index contributed by atoms with van der Waals surface area (Å²) >= 11 is 0. The number of rotatable bonds is 2. The van der Waals surface area contributed by atoms with E-state index in [4.69, 9.17) is 11.0 Å². The average molecular weight is 266 g/mol. The predicted octanol–water partition coefficient (Wildman–Crippen LogP) is 3.51. The van der Waals surface area contributed by atoms with E-state index in [0.29, 0.717) is 17.3 Å². The number of nitrogens with two attached hydrogens (primary N) is 1. The molecule has 0 atom stereocenters. The zero-order chi connectivity index (χ0) is 13.9. The number of anilines is 1. The molecule has 1 aromatic carbocycles. The lowest BCUT2D eigenvalue weighted by Crippen LogP contribution is -2.12. The highest BCUT2D eigenvalue weighted by molar-refractivity contribution is 5.69. The van der Waals surface area contributed by atoms with Crippen molar-refractivity contribution in [3.8, 4) is 17.2 Å². The summed E-state index contributed by atoms with van der Waals surface area (Å²) in [6, 6.07) is 8.16. The first-order valence-corrected chi connectivity index (χ1v) is 7.12. The lowest BCUT2D eigenvalue weighted by molar-refractivity contribution is 0.329. The molecule has 0 radical (unpaired) electrons. The fourth-order valence-corrected chi connectivity index (χ4v) is 2.88. The van der Waals surface area contributed by atoms with E-state index < -0.39 is 0 Å². The van der Waals surface area contributed by atoms with Crippen LogP contribution in [0.1, 0.15) is 43.7 Å². The number of nitrogens with zero attached hydrogens (tertiary/aromatic N) is 3. The van der Waals surface area contributed by atoms with Crippen LogP contribution in [0.3, 0.4) is 0 Å². The molecule has 0 bridgehead atoms. The van der Waals surface area contributed by atoms with E-state index in [2.05, 4.69) is 22.0 Å². The molecule has 0 saturated heterocycles. The Morgan fingerprint density at radius 1 is 1.20 bits per heavy atom. The second kappa shape index (κ2) is 5.38. The third-order valence-electron chi connectivity index (χ3n) is 4.06.